The molecule has 19 heavy (non-hydrogen) atoms. The minimum absolute atomic E-state index is 0.163. The van der Waals surface area contributed by atoms with Crippen LogP contribution in [0.1, 0.15) is 43.2 Å². The third-order valence-electron chi connectivity index (χ3n) is 3.83. The Morgan fingerprint density at radius 2 is 2.05 bits per heavy atom. The molecule has 1 aromatic carbocycles. The van der Waals surface area contributed by atoms with Crippen LogP contribution in [0.15, 0.2) is 18.2 Å². The molecular formula is C16H24FNO. The predicted molar refractivity (Wildman–Crippen MR) is 75.4 cm³/mol. The average Bonchev–Trinajstić information content (AvgIpc) is 2.44. The molecule has 1 aromatic rings. The highest BCUT2D eigenvalue weighted by Crippen LogP contribution is 2.24. The minimum Gasteiger partial charge on any atom is -0.376 e. The molecule has 0 amide bonds. The molecule has 0 aromatic heterocycles. The van der Waals surface area contributed by atoms with Gasteiger partial charge in [-0.15, -0.1) is 0 Å². The maximum absolute atomic E-state index is 13.7. The molecule has 0 aliphatic heterocycles. The largest absolute Gasteiger partial charge is 0.376 e. The van der Waals surface area contributed by atoms with Crippen LogP contribution in [0.2, 0.25) is 0 Å². The second kappa shape index (κ2) is 7.61. The quantitative estimate of drug-likeness (QED) is 0.848. The maximum atomic E-state index is 13.7. The van der Waals surface area contributed by atoms with Crippen LogP contribution in [0.4, 0.5) is 4.39 Å². The van der Waals surface area contributed by atoms with Gasteiger partial charge >= 0.3 is 0 Å². The van der Waals surface area contributed by atoms with Crippen molar-refractivity contribution < 1.29 is 9.13 Å². The van der Waals surface area contributed by atoms with Crippen LogP contribution in [-0.2, 0) is 17.9 Å². The van der Waals surface area contributed by atoms with Crippen molar-refractivity contribution in [3.8, 4) is 0 Å². The van der Waals surface area contributed by atoms with Gasteiger partial charge in [0, 0.05) is 18.7 Å². The summed E-state index contributed by atoms with van der Waals surface area (Å²) in [6, 6.07) is 5.25. The lowest BCUT2D eigenvalue weighted by Gasteiger charge is -2.21. The summed E-state index contributed by atoms with van der Waals surface area (Å²) in [6.45, 7) is 1.92. The van der Waals surface area contributed by atoms with Crippen LogP contribution < -0.4 is 5.32 Å². The maximum Gasteiger partial charge on any atom is 0.128 e. The molecule has 2 rings (SSSR count). The highest BCUT2D eigenvalue weighted by molar-refractivity contribution is 5.24. The van der Waals surface area contributed by atoms with E-state index in [4.69, 9.17) is 4.74 Å². The van der Waals surface area contributed by atoms with Crippen LogP contribution in [0.5, 0.6) is 0 Å². The second-order valence-corrected chi connectivity index (χ2v) is 5.48. The van der Waals surface area contributed by atoms with E-state index in [1.807, 2.05) is 19.2 Å². The van der Waals surface area contributed by atoms with Gasteiger partial charge in [0.05, 0.1) is 6.61 Å². The summed E-state index contributed by atoms with van der Waals surface area (Å²) >= 11 is 0. The molecule has 1 aliphatic rings. The first-order valence-corrected chi connectivity index (χ1v) is 7.29. The van der Waals surface area contributed by atoms with E-state index in [1.165, 1.54) is 38.2 Å². The van der Waals surface area contributed by atoms with Crippen molar-refractivity contribution in [2.75, 3.05) is 13.7 Å². The highest BCUT2D eigenvalue weighted by atomic mass is 19.1. The lowest BCUT2D eigenvalue weighted by Crippen LogP contribution is -2.13. The van der Waals surface area contributed by atoms with Crippen molar-refractivity contribution in [2.45, 2.75) is 45.3 Å². The van der Waals surface area contributed by atoms with Crippen LogP contribution in [-0.4, -0.2) is 13.7 Å². The third kappa shape index (κ3) is 4.59. The summed E-state index contributed by atoms with van der Waals surface area (Å²) in [4.78, 5) is 0. The Morgan fingerprint density at radius 3 is 2.79 bits per heavy atom. The smallest absolute Gasteiger partial charge is 0.128 e. The molecule has 3 heteroatoms. The first-order valence-electron chi connectivity index (χ1n) is 7.29. The van der Waals surface area contributed by atoms with Crippen molar-refractivity contribution in [3.63, 3.8) is 0 Å². The Balaban J connectivity index is 1.82. The molecule has 1 N–H and O–H groups in total. The van der Waals surface area contributed by atoms with E-state index in [0.717, 1.165) is 18.7 Å². The van der Waals surface area contributed by atoms with Gasteiger partial charge in [0.2, 0.25) is 0 Å². The molecule has 1 fully saturated rings. The van der Waals surface area contributed by atoms with E-state index >= 15 is 0 Å². The standard InChI is InChI=1S/C16H24FNO/c1-18-10-14-7-8-16(17)15(9-14)12-19-11-13-5-3-2-4-6-13/h7-9,13,18H,2-6,10-12H2,1H3. The van der Waals surface area contributed by atoms with Gasteiger partial charge in [-0.3, -0.25) is 0 Å². The third-order valence-corrected chi connectivity index (χ3v) is 3.83. The molecule has 0 unspecified atom stereocenters. The lowest BCUT2D eigenvalue weighted by atomic mass is 9.90. The summed E-state index contributed by atoms with van der Waals surface area (Å²) in [7, 11) is 1.89. The van der Waals surface area contributed by atoms with Crippen LogP contribution in [0, 0.1) is 11.7 Å². The topological polar surface area (TPSA) is 21.3 Å². The van der Waals surface area contributed by atoms with E-state index in [-0.39, 0.29) is 5.82 Å². The number of nitrogens with one attached hydrogen (secondary N) is 1. The van der Waals surface area contributed by atoms with Crippen LogP contribution in [0.25, 0.3) is 0 Å². The predicted octanol–water partition coefficient (Wildman–Crippen LogP) is 3.64. The summed E-state index contributed by atoms with van der Waals surface area (Å²) in [5.41, 5.74) is 1.77. The van der Waals surface area contributed by atoms with E-state index < -0.39 is 0 Å². The van der Waals surface area contributed by atoms with E-state index in [9.17, 15) is 4.39 Å². The zero-order valence-corrected chi connectivity index (χ0v) is 11.8. The fraction of sp³-hybridized carbons (Fsp3) is 0.625. The Bertz CT molecular complexity index is 388. The summed E-state index contributed by atoms with van der Waals surface area (Å²) in [6.07, 6.45) is 6.53. The molecule has 0 heterocycles. The van der Waals surface area contributed by atoms with Gasteiger partial charge in [0.1, 0.15) is 5.82 Å². The molecule has 0 radical (unpaired) electrons. The van der Waals surface area contributed by atoms with Gasteiger partial charge < -0.3 is 10.1 Å². The Labute approximate surface area is 115 Å². The van der Waals surface area contributed by atoms with E-state index in [1.54, 1.807) is 0 Å². The highest BCUT2D eigenvalue weighted by Gasteiger charge is 2.13. The summed E-state index contributed by atoms with van der Waals surface area (Å²) in [5, 5.41) is 3.08. The average molecular weight is 265 g/mol. The zero-order chi connectivity index (χ0) is 13.5. The van der Waals surface area contributed by atoms with Gasteiger partial charge in [-0.1, -0.05) is 25.3 Å². The lowest BCUT2D eigenvalue weighted by molar-refractivity contribution is 0.0722. The monoisotopic (exact) mass is 265 g/mol. The van der Waals surface area contributed by atoms with Crippen LogP contribution >= 0.6 is 0 Å². The minimum atomic E-state index is -0.163. The SMILES string of the molecule is CNCc1ccc(F)c(COCC2CCCCC2)c1. The first kappa shape index (κ1) is 14.5. The second-order valence-electron chi connectivity index (χ2n) is 5.48. The first-order chi connectivity index (χ1) is 9.29. The van der Waals surface area contributed by atoms with Gasteiger partial charge in [0.15, 0.2) is 0 Å². The molecule has 0 spiro atoms. The molecule has 2 nitrogen and oxygen atoms in total. The van der Waals surface area contributed by atoms with Crippen molar-refractivity contribution in [1.29, 1.82) is 0 Å². The molecule has 0 saturated heterocycles. The number of rotatable bonds is 6. The number of benzene rings is 1. The van der Waals surface area contributed by atoms with Crippen molar-refractivity contribution in [2.24, 2.45) is 5.92 Å². The number of halogens is 1. The van der Waals surface area contributed by atoms with Gasteiger partial charge in [0.25, 0.3) is 0 Å². The fourth-order valence-corrected chi connectivity index (χ4v) is 2.74. The number of hydrogen-bond acceptors (Lipinski definition) is 2. The molecule has 0 bridgehead atoms. The Hall–Kier alpha value is -0.930. The molecule has 1 saturated carbocycles. The fourth-order valence-electron chi connectivity index (χ4n) is 2.74. The molecule has 1 aliphatic carbocycles. The van der Waals surface area contributed by atoms with Crippen LogP contribution in [0.3, 0.4) is 0 Å². The Morgan fingerprint density at radius 1 is 1.26 bits per heavy atom. The van der Waals surface area contributed by atoms with Gasteiger partial charge in [-0.05, 0) is 43.5 Å². The van der Waals surface area contributed by atoms with Crippen molar-refractivity contribution >= 4 is 0 Å². The van der Waals surface area contributed by atoms with E-state index in [2.05, 4.69) is 5.32 Å². The molecule has 106 valence electrons. The van der Waals surface area contributed by atoms with E-state index in [0.29, 0.717) is 18.1 Å². The van der Waals surface area contributed by atoms with Gasteiger partial charge in [-0.25, -0.2) is 4.39 Å². The summed E-state index contributed by atoms with van der Waals surface area (Å²) in [5.74, 6) is 0.515. The summed E-state index contributed by atoms with van der Waals surface area (Å²) < 4.78 is 19.4. The number of ether oxygens (including phenoxy) is 1. The van der Waals surface area contributed by atoms with Crippen molar-refractivity contribution in [1.82, 2.24) is 5.32 Å². The normalized spacial score (nSPS) is 16.7. The van der Waals surface area contributed by atoms with Gasteiger partial charge in [-0.2, -0.15) is 0 Å². The zero-order valence-electron chi connectivity index (χ0n) is 11.8. The Kier molecular flexibility index (Phi) is 5.80. The molecule has 0 atom stereocenters. The molecular weight excluding hydrogens is 241 g/mol. The number of hydrogen-bond donors (Lipinski definition) is 1. The van der Waals surface area contributed by atoms with Crippen molar-refractivity contribution in [3.05, 3.63) is 35.1 Å².